The molecule has 0 radical (unpaired) electrons. The Balaban J connectivity index is 2.42. The summed E-state index contributed by atoms with van der Waals surface area (Å²) in [5.74, 6) is 0. The average molecular weight is 299 g/mol. The fourth-order valence-corrected chi connectivity index (χ4v) is 2.22. The first kappa shape index (κ1) is 12.2. The Kier molecular flexibility index (Phi) is 3.24. The summed E-state index contributed by atoms with van der Waals surface area (Å²) in [5, 5.41) is 4.41. The SMILES string of the molecule is CCn1nc(C)c(Br)c1Cn1ccn(C)c1=O. The van der Waals surface area contributed by atoms with Crippen LogP contribution in [0.15, 0.2) is 21.7 Å². The van der Waals surface area contributed by atoms with Gasteiger partial charge in [0.25, 0.3) is 0 Å². The molecule has 0 saturated heterocycles. The van der Waals surface area contributed by atoms with E-state index in [4.69, 9.17) is 0 Å². The van der Waals surface area contributed by atoms with Gasteiger partial charge in [0.05, 0.1) is 22.4 Å². The zero-order valence-corrected chi connectivity index (χ0v) is 11.7. The highest BCUT2D eigenvalue weighted by Crippen LogP contribution is 2.21. The summed E-state index contributed by atoms with van der Waals surface area (Å²) < 4.78 is 6.13. The molecule has 0 spiro atoms. The highest BCUT2D eigenvalue weighted by molar-refractivity contribution is 9.10. The van der Waals surface area contributed by atoms with Crippen molar-refractivity contribution >= 4 is 15.9 Å². The second kappa shape index (κ2) is 4.52. The predicted octanol–water partition coefficient (Wildman–Crippen LogP) is 1.52. The first-order valence-corrected chi connectivity index (χ1v) is 6.27. The van der Waals surface area contributed by atoms with Crippen LogP contribution in [0.2, 0.25) is 0 Å². The van der Waals surface area contributed by atoms with Crippen molar-refractivity contribution < 1.29 is 0 Å². The summed E-state index contributed by atoms with van der Waals surface area (Å²) in [6.45, 7) is 5.32. The fraction of sp³-hybridized carbons (Fsp3) is 0.455. The van der Waals surface area contributed by atoms with Crippen molar-refractivity contribution in [3.63, 3.8) is 0 Å². The molecule has 0 aliphatic heterocycles. The molecule has 0 fully saturated rings. The van der Waals surface area contributed by atoms with Crippen molar-refractivity contribution in [3.05, 3.63) is 38.7 Å². The number of hydrogen-bond donors (Lipinski definition) is 0. The van der Waals surface area contributed by atoms with E-state index in [0.29, 0.717) is 6.54 Å². The topological polar surface area (TPSA) is 44.8 Å². The van der Waals surface area contributed by atoms with Crippen LogP contribution in [-0.2, 0) is 20.1 Å². The Morgan fingerprint density at radius 3 is 2.65 bits per heavy atom. The third-order valence-corrected chi connectivity index (χ3v) is 3.82. The number of aryl methyl sites for hydroxylation is 3. The van der Waals surface area contributed by atoms with Gasteiger partial charge >= 0.3 is 5.69 Å². The van der Waals surface area contributed by atoms with Gasteiger partial charge in [0, 0.05) is 26.0 Å². The van der Waals surface area contributed by atoms with E-state index in [1.54, 1.807) is 28.6 Å². The molecular weight excluding hydrogens is 284 g/mol. The molecule has 0 aliphatic carbocycles. The van der Waals surface area contributed by atoms with Crippen LogP contribution in [-0.4, -0.2) is 18.9 Å². The zero-order valence-electron chi connectivity index (χ0n) is 10.1. The van der Waals surface area contributed by atoms with E-state index >= 15 is 0 Å². The molecule has 0 aliphatic rings. The van der Waals surface area contributed by atoms with E-state index in [-0.39, 0.29) is 5.69 Å². The second-order valence-corrected chi connectivity index (χ2v) is 4.77. The molecule has 2 rings (SSSR count). The lowest BCUT2D eigenvalue weighted by Gasteiger charge is -2.05. The molecule has 0 bridgehead atoms. The highest BCUT2D eigenvalue weighted by Gasteiger charge is 2.13. The predicted molar refractivity (Wildman–Crippen MR) is 69.1 cm³/mol. The van der Waals surface area contributed by atoms with Crippen LogP contribution in [0, 0.1) is 6.92 Å². The smallest absolute Gasteiger partial charge is 0.302 e. The number of hydrogen-bond acceptors (Lipinski definition) is 2. The summed E-state index contributed by atoms with van der Waals surface area (Å²) in [4.78, 5) is 11.8. The van der Waals surface area contributed by atoms with Gasteiger partial charge < -0.3 is 4.57 Å². The maximum absolute atomic E-state index is 11.8. The van der Waals surface area contributed by atoms with E-state index in [2.05, 4.69) is 21.0 Å². The van der Waals surface area contributed by atoms with Crippen LogP contribution in [0.25, 0.3) is 0 Å². The van der Waals surface area contributed by atoms with Gasteiger partial charge in [-0.25, -0.2) is 4.79 Å². The molecule has 0 saturated carbocycles. The summed E-state index contributed by atoms with van der Waals surface area (Å²) in [5.41, 5.74) is 1.96. The van der Waals surface area contributed by atoms with Crippen LogP contribution >= 0.6 is 15.9 Å². The number of halogens is 1. The molecule has 0 N–H and O–H groups in total. The zero-order chi connectivity index (χ0) is 12.6. The maximum atomic E-state index is 11.8. The number of imidazole rings is 1. The van der Waals surface area contributed by atoms with Gasteiger partial charge in [-0.2, -0.15) is 5.10 Å². The molecule has 5 nitrogen and oxygen atoms in total. The number of nitrogens with zero attached hydrogens (tertiary/aromatic N) is 4. The van der Waals surface area contributed by atoms with Crippen molar-refractivity contribution in [2.75, 3.05) is 0 Å². The third kappa shape index (κ3) is 2.09. The Hall–Kier alpha value is -1.30. The standard InChI is InChI=1S/C11H15BrN4O/c1-4-16-9(10(12)8(2)13-16)7-15-6-5-14(3)11(15)17/h5-6H,4,7H2,1-3H3. The van der Waals surface area contributed by atoms with Crippen molar-refractivity contribution in [1.82, 2.24) is 18.9 Å². The van der Waals surface area contributed by atoms with Crippen molar-refractivity contribution in [3.8, 4) is 0 Å². The molecule has 0 atom stereocenters. The minimum absolute atomic E-state index is 0.0154. The largest absolute Gasteiger partial charge is 0.328 e. The van der Waals surface area contributed by atoms with Gasteiger partial charge in [-0.1, -0.05) is 0 Å². The van der Waals surface area contributed by atoms with Gasteiger partial charge in [-0.05, 0) is 29.8 Å². The lowest BCUT2D eigenvalue weighted by Crippen LogP contribution is -2.23. The third-order valence-electron chi connectivity index (χ3n) is 2.79. The van der Waals surface area contributed by atoms with Gasteiger partial charge in [0.2, 0.25) is 0 Å². The number of rotatable bonds is 3. The lowest BCUT2D eigenvalue weighted by molar-refractivity contribution is 0.587. The lowest BCUT2D eigenvalue weighted by atomic mass is 10.3. The van der Waals surface area contributed by atoms with Crippen LogP contribution in [0.3, 0.4) is 0 Å². The molecule has 0 amide bonds. The monoisotopic (exact) mass is 298 g/mol. The molecule has 17 heavy (non-hydrogen) atoms. The highest BCUT2D eigenvalue weighted by atomic mass is 79.9. The van der Waals surface area contributed by atoms with Gasteiger partial charge in [0.15, 0.2) is 0 Å². The molecule has 2 aromatic heterocycles. The van der Waals surface area contributed by atoms with E-state index in [9.17, 15) is 4.79 Å². The van der Waals surface area contributed by atoms with E-state index in [1.807, 2.05) is 18.5 Å². The minimum atomic E-state index is -0.0154. The van der Waals surface area contributed by atoms with E-state index in [0.717, 1.165) is 22.4 Å². The first-order chi connectivity index (χ1) is 8.04. The van der Waals surface area contributed by atoms with E-state index in [1.165, 1.54) is 0 Å². The molecule has 92 valence electrons. The van der Waals surface area contributed by atoms with Crippen molar-refractivity contribution in [2.45, 2.75) is 26.9 Å². The molecular formula is C11H15BrN4O. The quantitative estimate of drug-likeness (QED) is 0.862. The molecule has 2 aromatic rings. The van der Waals surface area contributed by atoms with Gasteiger partial charge in [0.1, 0.15) is 0 Å². The molecule has 6 heteroatoms. The Morgan fingerprint density at radius 1 is 1.41 bits per heavy atom. The Morgan fingerprint density at radius 2 is 2.12 bits per heavy atom. The van der Waals surface area contributed by atoms with Gasteiger partial charge in [-0.15, -0.1) is 0 Å². The number of aromatic nitrogens is 4. The summed E-state index contributed by atoms with van der Waals surface area (Å²) in [6.07, 6.45) is 3.55. The van der Waals surface area contributed by atoms with Crippen LogP contribution < -0.4 is 5.69 Å². The summed E-state index contributed by atoms with van der Waals surface area (Å²) in [7, 11) is 1.75. The van der Waals surface area contributed by atoms with Crippen LogP contribution in [0.1, 0.15) is 18.3 Å². The Bertz CT molecular complexity index is 593. The van der Waals surface area contributed by atoms with Crippen LogP contribution in [0.4, 0.5) is 0 Å². The first-order valence-electron chi connectivity index (χ1n) is 5.48. The summed E-state index contributed by atoms with van der Waals surface area (Å²) >= 11 is 3.53. The normalized spacial score (nSPS) is 11.1. The van der Waals surface area contributed by atoms with E-state index < -0.39 is 0 Å². The Labute approximate surface area is 108 Å². The van der Waals surface area contributed by atoms with Crippen molar-refractivity contribution in [1.29, 1.82) is 0 Å². The van der Waals surface area contributed by atoms with Gasteiger partial charge in [-0.3, -0.25) is 9.25 Å². The summed E-state index contributed by atoms with van der Waals surface area (Å²) in [6, 6.07) is 0. The van der Waals surface area contributed by atoms with Crippen LogP contribution in [0.5, 0.6) is 0 Å². The average Bonchev–Trinajstić information content (AvgIpc) is 2.76. The molecule has 0 aromatic carbocycles. The second-order valence-electron chi connectivity index (χ2n) is 3.98. The molecule has 0 unspecified atom stereocenters. The maximum Gasteiger partial charge on any atom is 0.328 e. The molecule has 2 heterocycles. The fourth-order valence-electron chi connectivity index (χ4n) is 1.81. The minimum Gasteiger partial charge on any atom is -0.302 e. The van der Waals surface area contributed by atoms with Crippen molar-refractivity contribution in [2.24, 2.45) is 7.05 Å².